The van der Waals surface area contributed by atoms with Crippen LogP contribution < -0.4 is 4.74 Å². The number of nitrogens with zero attached hydrogens (tertiary/aromatic N) is 1. The Bertz CT molecular complexity index is 1020. The monoisotopic (exact) mass is 469 g/mol. The zero-order chi connectivity index (χ0) is 24.7. The Hall–Kier alpha value is -3.88. The van der Waals surface area contributed by atoms with Crippen LogP contribution in [0.15, 0.2) is 54.6 Å². The molecule has 1 aliphatic carbocycles. The first-order chi connectivity index (χ1) is 16.3. The van der Waals surface area contributed by atoms with E-state index in [9.17, 15) is 29.4 Å². The lowest BCUT2D eigenvalue weighted by Gasteiger charge is -2.40. The quantitative estimate of drug-likeness (QED) is 0.480. The molecule has 34 heavy (non-hydrogen) atoms. The molecule has 0 saturated heterocycles. The van der Waals surface area contributed by atoms with Crippen molar-refractivity contribution in [3.8, 4) is 11.5 Å². The van der Waals surface area contributed by atoms with Crippen molar-refractivity contribution in [1.29, 1.82) is 0 Å². The minimum Gasteiger partial charge on any atom is -0.481 e. The fraction of sp³-hybridized carbons (Fsp3) is 0.360. The lowest BCUT2D eigenvalue weighted by Crippen LogP contribution is -2.53. The molecule has 3 atom stereocenters. The largest absolute Gasteiger partial charge is 0.481 e. The number of carboxylic acid groups (broad SMARTS) is 2. The molecule has 0 aromatic heterocycles. The van der Waals surface area contributed by atoms with E-state index in [2.05, 4.69) is 0 Å². The minimum atomic E-state index is -1.32. The molecule has 0 spiro atoms. The zero-order valence-corrected chi connectivity index (χ0v) is 18.8. The van der Waals surface area contributed by atoms with Gasteiger partial charge in [0.2, 0.25) is 5.91 Å². The summed E-state index contributed by atoms with van der Waals surface area (Å²) in [4.78, 5) is 49.4. The Morgan fingerprint density at radius 3 is 2.15 bits per heavy atom. The molecule has 0 aliphatic heterocycles. The van der Waals surface area contributed by atoms with Crippen LogP contribution in [0.1, 0.15) is 25.3 Å². The molecule has 3 rings (SSSR count). The van der Waals surface area contributed by atoms with Crippen LogP contribution in [0.3, 0.4) is 0 Å². The van der Waals surface area contributed by atoms with E-state index in [4.69, 9.17) is 9.47 Å². The molecule has 0 radical (unpaired) electrons. The van der Waals surface area contributed by atoms with Gasteiger partial charge in [-0.1, -0.05) is 30.3 Å². The highest BCUT2D eigenvalue weighted by molar-refractivity contribution is 5.91. The van der Waals surface area contributed by atoms with Crippen LogP contribution in [0.4, 0.5) is 0 Å². The zero-order valence-electron chi connectivity index (χ0n) is 18.8. The number of carbonyl (C=O) groups excluding carboxylic acids is 2. The molecule has 1 saturated carbocycles. The van der Waals surface area contributed by atoms with Crippen molar-refractivity contribution in [1.82, 2.24) is 4.90 Å². The van der Waals surface area contributed by atoms with Gasteiger partial charge in [-0.05, 0) is 43.2 Å². The van der Waals surface area contributed by atoms with Crippen molar-refractivity contribution >= 4 is 23.8 Å². The number of amides is 1. The summed E-state index contributed by atoms with van der Waals surface area (Å²) in [5, 5.41) is 18.7. The summed E-state index contributed by atoms with van der Waals surface area (Å²) in [6.45, 7) is 2.04. The average Bonchev–Trinajstić information content (AvgIpc) is 2.77. The number of carbonyl (C=O) groups is 4. The van der Waals surface area contributed by atoms with Gasteiger partial charge in [0, 0.05) is 13.1 Å². The van der Waals surface area contributed by atoms with E-state index in [1.807, 2.05) is 30.3 Å². The van der Waals surface area contributed by atoms with Crippen LogP contribution in [0.2, 0.25) is 0 Å². The number of carboxylic acids is 2. The molecule has 3 unspecified atom stereocenters. The fourth-order valence-corrected chi connectivity index (χ4v) is 3.97. The van der Waals surface area contributed by atoms with Gasteiger partial charge < -0.3 is 24.6 Å². The van der Waals surface area contributed by atoms with Crippen LogP contribution in [-0.2, 0) is 30.5 Å². The molecule has 9 nitrogen and oxygen atoms in total. The van der Waals surface area contributed by atoms with Crippen LogP contribution in [-0.4, -0.2) is 52.1 Å². The van der Waals surface area contributed by atoms with E-state index >= 15 is 0 Å². The number of esters is 1. The third-order valence-corrected chi connectivity index (χ3v) is 5.77. The van der Waals surface area contributed by atoms with Gasteiger partial charge in [-0.15, -0.1) is 0 Å². The number of hydrogen-bond acceptors (Lipinski definition) is 6. The average molecular weight is 469 g/mol. The van der Waals surface area contributed by atoms with Crippen LogP contribution in [0.25, 0.3) is 0 Å². The molecule has 2 aromatic carbocycles. The fourth-order valence-electron chi connectivity index (χ4n) is 3.97. The third kappa shape index (κ3) is 6.12. The Labute approximate surface area is 196 Å². The first-order valence-corrected chi connectivity index (χ1v) is 11.0. The summed E-state index contributed by atoms with van der Waals surface area (Å²) in [6, 6.07) is 16.3. The number of aliphatic carboxylic acids is 2. The highest BCUT2D eigenvalue weighted by Gasteiger charge is 2.54. The summed E-state index contributed by atoms with van der Waals surface area (Å²) in [7, 11) is 0. The standard InChI is InChI=1S/C25H27NO8/c1-2-33-21(27)12-13-26(23(28)19-14-20(24(29)30)22(19)25(31)32)15-16-8-10-18(11-9-16)34-17-6-4-3-5-7-17/h3-11,19-20,22H,2,12-15H2,1H3,(H,29,30)(H,31,32). The van der Waals surface area contributed by atoms with Crippen LogP contribution >= 0.6 is 0 Å². The van der Waals surface area contributed by atoms with Crippen molar-refractivity contribution < 1.29 is 38.9 Å². The van der Waals surface area contributed by atoms with Gasteiger partial charge in [-0.3, -0.25) is 19.2 Å². The van der Waals surface area contributed by atoms with Gasteiger partial charge in [0.15, 0.2) is 0 Å². The van der Waals surface area contributed by atoms with Crippen molar-refractivity contribution in [2.45, 2.75) is 26.3 Å². The van der Waals surface area contributed by atoms with E-state index in [-0.39, 0.29) is 32.5 Å². The molecule has 180 valence electrons. The van der Waals surface area contributed by atoms with E-state index in [1.165, 1.54) is 4.90 Å². The number of ether oxygens (including phenoxy) is 2. The molecule has 1 fully saturated rings. The molecule has 2 N–H and O–H groups in total. The molecule has 0 heterocycles. The van der Waals surface area contributed by atoms with Crippen LogP contribution in [0.5, 0.6) is 11.5 Å². The first kappa shape index (κ1) is 24.8. The molecular formula is C25H27NO8. The van der Waals surface area contributed by atoms with E-state index in [0.29, 0.717) is 11.5 Å². The second kappa shape index (κ2) is 11.3. The van der Waals surface area contributed by atoms with Gasteiger partial charge >= 0.3 is 17.9 Å². The van der Waals surface area contributed by atoms with Gasteiger partial charge in [-0.2, -0.15) is 0 Å². The predicted molar refractivity (Wildman–Crippen MR) is 120 cm³/mol. The number of rotatable bonds is 11. The summed E-state index contributed by atoms with van der Waals surface area (Å²) in [6.07, 6.45) is -0.105. The molecule has 1 aliphatic rings. The Morgan fingerprint density at radius 2 is 1.56 bits per heavy atom. The summed E-state index contributed by atoms with van der Waals surface area (Å²) >= 11 is 0. The van der Waals surface area contributed by atoms with Gasteiger partial charge in [0.25, 0.3) is 0 Å². The Morgan fingerprint density at radius 1 is 0.912 bits per heavy atom. The summed E-state index contributed by atoms with van der Waals surface area (Å²) in [5.41, 5.74) is 0.749. The van der Waals surface area contributed by atoms with Gasteiger partial charge in [0.1, 0.15) is 11.5 Å². The van der Waals surface area contributed by atoms with E-state index in [1.54, 1.807) is 31.2 Å². The van der Waals surface area contributed by atoms with Crippen molar-refractivity contribution in [2.75, 3.05) is 13.2 Å². The Balaban J connectivity index is 1.72. The normalized spacial score (nSPS) is 18.9. The second-order valence-corrected chi connectivity index (χ2v) is 8.02. The van der Waals surface area contributed by atoms with Crippen LogP contribution in [0, 0.1) is 17.8 Å². The maximum Gasteiger partial charge on any atom is 0.308 e. The predicted octanol–water partition coefficient (Wildman–Crippen LogP) is 3.18. The lowest BCUT2D eigenvalue weighted by atomic mass is 9.64. The molecular weight excluding hydrogens is 442 g/mol. The lowest BCUT2D eigenvalue weighted by molar-refractivity contribution is -0.172. The SMILES string of the molecule is CCOC(=O)CCN(Cc1ccc(Oc2ccccc2)cc1)C(=O)C1CC(C(=O)O)C1C(=O)O. The summed E-state index contributed by atoms with van der Waals surface area (Å²) < 4.78 is 10.7. The molecule has 2 aromatic rings. The molecule has 9 heteroatoms. The number of benzene rings is 2. The second-order valence-electron chi connectivity index (χ2n) is 8.02. The number of hydrogen-bond donors (Lipinski definition) is 2. The molecule has 1 amide bonds. The van der Waals surface area contributed by atoms with Gasteiger partial charge in [-0.25, -0.2) is 0 Å². The van der Waals surface area contributed by atoms with E-state index in [0.717, 1.165) is 5.56 Å². The van der Waals surface area contributed by atoms with Crippen molar-refractivity contribution in [3.05, 3.63) is 60.2 Å². The number of para-hydroxylation sites is 1. The highest BCUT2D eigenvalue weighted by atomic mass is 16.5. The van der Waals surface area contributed by atoms with Crippen molar-refractivity contribution in [2.24, 2.45) is 17.8 Å². The van der Waals surface area contributed by atoms with Crippen molar-refractivity contribution in [3.63, 3.8) is 0 Å². The first-order valence-electron chi connectivity index (χ1n) is 11.0. The molecule has 0 bridgehead atoms. The van der Waals surface area contributed by atoms with E-state index < -0.39 is 41.6 Å². The highest BCUT2D eigenvalue weighted by Crippen LogP contribution is 2.42. The minimum absolute atomic E-state index is 0.0283. The Kier molecular flexibility index (Phi) is 8.24. The summed E-state index contributed by atoms with van der Waals surface area (Å²) in [5.74, 6) is -5.58. The smallest absolute Gasteiger partial charge is 0.308 e. The van der Waals surface area contributed by atoms with Gasteiger partial charge in [0.05, 0.1) is 30.8 Å². The third-order valence-electron chi connectivity index (χ3n) is 5.77. The maximum atomic E-state index is 13.2. The maximum absolute atomic E-state index is 13.2. The topological polar surface area (TPSA) is 130 Å².